The molecule has 0 bridgehead atoms. The Kier molecular flexibility index (Phi) is 2.11. The van der Waals surface area contributed by atoms with Gasteiger partial charge < -0.3 is 19.7 Å². The van der Waals surface area contributed by atoms with E-state index in [0.717, 1.165) is 0 Å². The number of fused-ring (bicyclic) bond motifs is 1. The fourth-order valence-electron chi connectivity index (χ4n) is 1.48. The highest BCUT2D eigenvalue weighted by Crippen LogP contribution is 2.46. The zero-order valence-electron chi connectivity index (χ0n) is 7.91. The molecule has 2 rings (SSSR count). The van der Waals surface area contributed by atoms with Crippen molar-refractivity contribution in [1.29, 1.82) is 0 Å². The summed E-state index contributed by atoms with van der Waals surface area (Å²) in [5.41, 5.74) is 0.659. The lowest BCUT2D eigenvalue weighted by atomic mass is 10.1. The van der Waals surface area contributed by atoms with Crippen LogP contribution in [0, 0.1) is 0 Å². The Hall–Kier alpha value is -1.58. The second kappa shape index (κ2) is 3.29. The molecular formula is C10H12O4. The van der Waals surface area contributed by atoms with Crippen molar-refractivity contribution in [1.82, 2.24) is 0 Å². The van der Waals surface area contributed by atoms with Gasteiger partial charge in [-0.1, -0.05) is 6.92 Å². The van der Waals surface area contributed by atoms with E-state index in [-0.39, 0.29) is 17.2 Å². The van der Waals surface area contributed by atoms with Crippen LogP contribution in [0.1, 0.15) is 12.5 Å². The van der Waals surface area contributed by atoms with E-state index in [4.69, 9.17) is 9.47 Å². The van der Waals surface area contributed by atoms with Gasteiger partial charge in [-0.15, -0.1) is 0 Å². The number of phenolic OH excluding ortho intramolecular Hbond substituents is 2. The first kappa shape index (κ1) is 8.99. The van der Waals surface area contributed by atoms with E-state index >= 15 is 0 Å². The Bertz CT molecular complexity index is 360. The molecule has 0 radical (unpaired) electrons. The average Bonchev–Trinajstić information content (AvgIpc) is 2.23. The maximum Gasteiger partial charge on any atom is 0.207 e. The fourth-order valence-corrected chi connectivity index (χ4v) is 1.48. The molecule has 0 amide bonds. The standard InChI is InChI=1S/C10H12O4/c1-2-6-5-7-10(9(12)8(6)11)14-4-3-13-7/h5,11-12H,2-4H2,1H3. The number of benzene rings is 1. The zero-order chi connectivity index (χ0) is 10.1. The third-order valence-electron chi connectivity index (χ3n) is 2.24. The topological polar surface area (TPSA) is 58.9 Å². The van der Waals surface area contributed by atoms with Crippen molar-refractivity contribution in [3.63, 3.8) is 0 Å². The SMILES string of the molecule is CCc1cc2c(c(O)c1O)OCCO2. The zero-order valence-corrected chi connectivity index (χ0v) is 7.91. The summed E-state index contributed by atoms with van der Waals surface area (Å²) in [6, 6.07) is 1.70. The van der Waals surface area contributed by atoms with Crippen molar-refractivity contribution in [2.45, 2.75) is 13.3 Å². The predicted molar refractivity (Wildman–Crippen MR) is 50.1 cm³/mol. The molecule has 14 heavy (non-hydrogen) atoms. The van der Waals surface area contributed by atoms with Crippen LogP contribution in [0.2, 0.25) is 0 Å². The summed E-state index contributed by atoms with van der Waals surface area (Å²) in [6.07, 6.45) is 0.635. The molecule has 1 aliphatic heterocycles. The number of hydrogen-bond acceptors (Lipinski definition) is 4. The van der Waals surface area contributed by atoms with Crippen LogP contribution < -0.4 is 9.47 Å². The van der Waals surface area contributed by atoms with Gasteiger partial charge in [0.25, 0.3) is 0 Å². The van der Waals surface area contributed by atoms with Crippen LogP contribution in [-0.4, -0.2) is 23.4 Å². The Balaban J connectivity index is 2.57. The molecule has 1 aliphatic rings. The Labute approximate surface area is 81.7 Å². The summed E-state index contributed by atoms with van der Waals surface area (Å²) in [5.74, 6) is 0.408. The van der Waals surface area contributed by atoms with Crippen molar-refractivity contribution >= 4 is 0 Å². The third-order valence-corrected chi connectivity index (χ3v) is 2.24. The number of hydrogen-bond donors (Lipinski definition) is 2. The van der Waals surface area contributed by atoms with E-state index in [2.05, 4.69) is 0 Å². The molecule has 0 atom stereocenters. The highest BCUT2D eigenvalue weighted by molar-refractivity contribution is 5.61. The summed E-state index contributed by atoms with van der Waals surface area (Å²) < 4.78 is 10.5. The van der Waals surface area contributed by atoms with Crippen molar-refractivity contribution in [2.75, 3.05) is 13.2 Å². The van der Waals surface area contributed by atoms with E-state index in [0.29, 0.717) is 30.9 Å². The molecule has 0 spiro atoms. The van der Waals surface area contributed by atoms with E-state index in [1.807, 2.05) is 6.92 Å². The van der Waals surface area contributed by atoms with E-state index in [9.17, 15) is 10.2 Å². The van der Waals surface area contributed by atoms with Gasteiger partial charge in [0.05, 0.1) is 0 Å². The minimum atomic E-state index is -0.223. The summed E-state index contributed by atoms with van der Waals surface area (Å²) in [4.78, 5) is 0. The maximum absolute atomic E-state index is 9.60. The summed E-state index contributed by atoms with van der Waals surface area (Å²) in [5, 5.41) is 19.2. The van der Waals surface area contributed by atoms with Crippen LogP contribution in [0.25, 0.3) is 0 Å². The largest absolute Gasteiger partial charge is 0.504 e. The third kappa shape index (κ3) is 1.23. The molecule has 0 aliphatic carbocycles. The molecule has 0 aromatic heterocycles. The second-order valence-electron chi connectivity index (χ2n) is 3.11. The first-order valence-corrected chi connectivity index (χ1v) is 4.57. The number of rotatable bonds is 1. The van der Waals surface area contributed by atoms with Crippen molar-refractivity contribution < 1.29 is 19.7 Å². The smallest absolute Gasteiger partial charge is 0.207 e. The van der Waals surface area contributed by atoms with Gasteiger partial charge in [0.2, 0.25) is 11.5 Å². The number of aromatic hydroxyl groups is 2. The first-order chi connectivity index (χ1) is 6.74. The van der Waals surface area contributed by atoms with Gasteiger partial charge in [0.15, 0.2) is 11.5 Å². The Morgan fingerprint density at radius 1 is 1.21 bits per heavy atom. The van der Waals surface area contributed by atoms with Crippen LogP contribution in [-0.2, 0) is 6.42 Å². The van der Waals surface area contributed by atoms with E-state index in [1.165, 1.54) is 0 Å². The fraction of sp³-hybridized carbons (Fsp3) is 0.400. The minimum absolute atomic E-state index is 0.114. The van der Waals surface area contributed by atoms with Gasteiger partial charge in [-0.3, -0.25) is 0 Å². The summed E-state index contributed by atoms with van der Waals surface area (Å²) in [6.45, 7) is 2.76. The molecule has 0 unspecified atom stereocenters. The van der Waals surface area contributed by atoms with Gasteiger partial charge in [0, 0.05) is 5.56 Å². The lowest BCUT2D eigenvalue weighted by Gasteiger charge is -2.20. The molecule has 1 aromatic rings. The molecule has 0 fully saturated rings. The maximum atomic E-state index is 9.60. The normalized spacial score (nSPS) is 14.1. The number of ether oxygens (including phenoxy) is 2. The van der Waals surface area contributed by atoms with Gasteiger partial charge in [-0.2, -0.15) is 0 Å². The van der Waals surface area contributed by atoms with Crippen LogP contribution >= 0.6 is 0 Å². The lowest BCUT2D eigenvalue weighted by Crippen LogP contribution is -2.15. The molecule has 4 nitrogen and oxygen atoms in total. The molecule has 4 heteroatoms. The molecule has 1 heterocycles. The highest BCUT2D eigenvalue weighted by Gasteiger charge is 2.21. The monoisotopic (exact) mass is 196 g/mol. The number of phenols is 2. The van der Waals surface area contributed by atoms with Crippen molar-refractivity contribution in [3.05, 3.63) is 11.6 Å². The van der Waals surface area contributed by atoms with Crippen molar-refractivity contribution in [3.8, 4) is 23.0 Å². The predicted octanol–water partition coefficient (Wildman–Crippen LogP) is 1.43. The van der Waals surface area contributed by atoms with Gasteiger partial charge in [-0.05, 0) is 12.5 Å². The average molecular weight is 196 g/mol. The molecule has 1 aromatic carbocycles. The van der Waals surface area contributed by atoms with E-state index < -0.39 is 0 Å². The minimum Gasteiger partial charge on any atom is -0.504 e. The van der Waals surface area contributed by atoms with Gasteiger partial charge >= 0.3 is 0 Å². The Morgan fingerprint density at radius 2 is 1.93 bits per heavy atom. The molecule has 0 saturated carbocycles. The lowest BCUT2D eigenvalue weighted by molar-refractivity contribution is 0.164. The molecular weight excluding hydrogens is 184 g/mol. The van der Waals surface area contributed by atoms with Crippen LogP contribution in [0.3, 0.4) is 0 Å². The molecule has 2 N–H and O–H groups in total. The van der Waals surface area contributed by atoms with Gasteiger partial charge in [0.1, 0.15) is 13.2 Å². The van der Waals surface area contributed by atoms with Crippen LogP contribution in [0.15, 0.2) is 6.07 Å². The first-order valence-electron chi connectivity index (χ1n) is 4.57. The van der Waals surface area contributed by atoms with Crippen molar-refractivity contribution in [2.24, 2.45) is 0 Å². The van der Waals surface area contributed by atoms with Crippen LogP contribution in [0.4, 0.5) is 0 Å². The second-order valence-corrected chi connectivity index (χ2v) is 3.11. The molecule has 76 valence electrons. The van der Waals surface area contributed by atoms with Crippen LogP contribution in [0.5, 0.6) is 23.0 Å². The van der Waals surface area contributed by atoms with E-state index in [1.54, 1.807) is 6.07 Å². The molecule has 0 saturated heterocycles. The number of aryl methyl sites for hydroxylation is 1. The van der Waals surface area contributed by atoms with Gasteiger partial charge in [-0.25, -0.2) is 0 Å². The summed E-state index contributed by atoms with van der Waals surface area (Å²) >= 11 is 0. The summed E-state index contributed by atoms with van der Waals surface area (Å²) in [7, 11) is 0. The Morgan fingerprint density at radius 3 is 2.64 bits per heavy atom. The highest BCUT2D eigenvalue weighted by atomic mass is 16.6. The quantitative estimate of drug-likeness (QED) is 0.667.